The molecule has 0 aliphatic carbocycles. The molecule has 1 fully saturated rings. The fraction of sp³-hybridized carbons (Fsp3) is 0.292. The van der Waals surface area contributed by atoms with Crippen LogP contribution in [-0.2, 0) is 4.74 Å². The summed E-state index contributed by atoms with van der Waals surface area (Å²) in [7, 11) is 1.53. The van der Waals surface area contributed by atoms with Gasteiger partial charge >= 0.3 is 0 Å². The molecule has 0 spiro atoms. The number of thioether (sulfide) groups is 1. The van der Waals surface area contributed by atoms with Gasteiger partial charge in [-0.25, -0.2) is 4.39 Å². The first-order valence-electron chi connectivity index (χ1n) is 10.8. The number of H-pyrrole nitrogens is 1. The number of carbonyl (C=O) groups is 2. The average Bonchev–Trinajstić information content (AvgIpc) is 3.27. The summed E-state index contributed by atoms with van der Waals surface area (Å²) in [6.07, 6.45) is 1.25. The molecule has 0 radical (unpaired) electrons. The molecule has 3 aromatic rings. The number of nitrogens with zero attached hydrogens (tertiary/aromatic N) is 2. The number of hydrogen-bond acceptors (Lipinski definition) is 7. The monoisotopic (exact) mass is 504 g/mol. The molecule has 5 N–H and O–H groups in total. The van der Waals surface area contributed by atoms with E-state index in [0.717, 1.165) is 24.6 Å². The number of ether oxygens (including phenoxy) is 2. The van der Waals surface area contributed by atoms with Crippen molar-refractivity contribution in [1.82, 2.24) is 15.1 Å². The molecule has 1 aliphatic heterocycles. The van der Waals surface area contributed by atoms with Crippen LogP contribution in [0.1, 0.15) is 27.8 Å². The minimum atomic E-state index is -0.608. The minimum absolute atomic E-state index is 0. The van der Waals surface area contributed by atoms with Crippen molar-refractivity contribution in [2.45, 2.75) is 0 Å². The van der Waals surface area contributed by atoms with Crippen LogP contribution in [0.15, 0.2) is 42.5 Å². The van der Waals surface area contributed by atoms with E-state index in [0.29, 0.717) is 28.6 Å². The number of allylic oxidation sites excluding steroid dienone is 1. The highest BCUT2D eigenvalue weighted by Gasteiger charge is 2.19. The molecular weight excluding hydrogens is 475 g/mol. The van der Waals surface area contributed by atoms with Gasteiger partial charge in [0.2, 0.25) is 5.78 Å². The summed E-state index contributed by atoms with van der Waals surface area (Å²) in [5.41, 5.74) is 8.04. The maximum Gasteiger partial charge on any atom is 0.253 e. The summed E-state index contributed by atoms with van der Waals surface area (Å²) >= 11 is 1.84. The highest BCUT2D eigenvalue weighted by Crippen LogP contribution is 2.26. The number of fused-ring (bicyclic) bond motifs is 1. The van der Waals surface area contributed by atoms with Crippen LogP contribution in [0.5, 0.6) is 5.75 Å². The number of aromatic nitrogens is 2. The Morgan fingerprint density at radius 1 is 1.20 bits per heavy atom. The zero-order valence-corrected chi connectivity index (χ0v) is 20.0. The molecular formula is C24H29FN4O5S. The van der Waals surface area contributed by atoms with E-state index in [-0.39, 0.29) is 36.6 Å². The third kappa shape index (κ3) is 5.99. The average molecular weight is 505 g/mol. The summed E-state index contributed by atoms with van der Waals surface area (Å²) in [6, 6.07) is 9.48. The third-order valence-corrected chi connectivity index (χ3v) is 6.39. The maximum absolute atomic E-state index is 14.4. The van der Waals surface area contributed by atoms with Crippen molar-refractivity contribution in [1.29, 1.82) is 0 Å². The molecule has 2 aromatic carbocycles. The van der Waals surface area contributed by atoms with E-state index < -0.39 is 11.6 Å². The number of rotatable bonds is 8. The van der Waals surface area contributed by atoms with Crippen molar-refractivity contribution >= 4 is 40.1 Å². The fourth-order valence-electron chi connectivity index (χ4n) is 3.60. The number of nitrogens with one attached hydrogen (secondary N) is 1. The fourth-order valence-corrected chi connectivity index (χ4v) is 4.50. The maximum atomic E-state index is 14.4. The highest BCUT2D eigenvalue weighted by atomic mass is 32.2. The first-order chi connectivity index (χ1) is 16.5. The molecule has 1 aliphatic rings. The van der Waals surface area contributed by atoms with E-state index in [4.69, 9.17) is 15.2 Å². The van der Waals surface area contributed by atoms with Crippen molar-refractivity contribution in [2.24, 2.45) is 5.73 Å². The first kappa shape index (κ1) is 26.2. The zero-order valence-electron chi connectivity index (χ0n) is 19.2. The van der Waals surface area contributed by atoms with Crippen LogP contribution in [0, 0.1) is 5.82 Å². The van der Waals surface area contributed by atoms with E-state index >= 15 is 0 Å². The molecule has 2 heterocycles. The van der Waals surface area contributed by atoms with Gasteiger partial charge in [-0.3, -0.25) is 14.7 Å². The van der Waals surface area contributed by atoms with E-state index in [9.17, 15) is 14.0 Å². The second kappa shape index (κ2) is 11.8. The minimum Gasteiger partial charge on any atom is -0.488 e. The van der Waals surface area contributed by atoms with Gasteiger partial charge in [0, 0.05) is 61.9 Å². The van der Waals surface area contributed by atoms with Gasteiger partial charge in [-0.1, -0.05) is 12.1 Å². The second-order valence-corrected chi connectivity index (χ2v) is 8.91. The number of amides is 1. The van der Waals surface area contributed by atoms with Crippen LogP contribution in [0.3, 0.4) is 0 Å². The standard InChI is InChI=1S/C24H25FN4O4S.H2O.H2/c1-32-8-9-33-22-14-20-17(12-18(22)25)23(28-27-20)21(30)13-19(26)15-2-4-16(5-3-15)24(31)29-6-10-34-11-7-29;;/h2-5,12-14H,6-11,26H2,1H3,(H,27,28);1H2;1H/b19-13-;;. The number of methoxy groups -OCH3 is 1. The SMILES string of the molecule is COCCOc1cc2[nH]nc(C(=O)/C=C(\N)c3ccc(C(=O)N4CCSCC4)cc3)c2cc1F.O.[HH]. The lowest BCUT2D eigenvalue weighted by Crippen LogP contribution is -2.37. The highest BCUT2D eigenvalue weighted by molar-refractivity contribution is 7.99. The molecule has 1 aromatic heterocycles. The molecule has 9 nitrogen and oxygen atoms in total. The van der Waals surface area contributed by atoms with Crippen molar-refractivity contribution < 1.29 is 30.4 Å². The quantitative estimate of drug-likeness (QED) is 0.273. The second-order valence-electron chi connectivity index (χ2n) is 7.69. The number of hydrogen-bond donors (Lipinski definition) is 2. The number of nitrogens with two attached hydrogens (primary N) is 1. The predicted octanol–water partition coefficient (Wildman–Crippen LogP) is 2.52. The van der Waals surface area contributed by atoms with Crippen LogP contribution < -0.4 is 10.5 Å². The topological polar surface area (TPSA) is 142 Å². The van der Waals surface area contributed by atoms with Crippen LogP contribution in [0.2, 0.25) is 0 Å². The van der Waals surface area contributed by atoms with E-state index in [2.05, 4.69) is 10.2 Å². The van der Waals surface area contributed by atoms with Gasteiger partial charge in [-0.15, -0.1) is 0 Å². The van der Waals surface area contributed by atoms with Crippen LogP contribution in [0.25, 0.3) is 16.6 Å². The number of carbonyl (C=O) groups excluding carboxylic acids is 2. The van der Waals surface area contributed by atoms with Crippen LogP contribution in [-0.4, -0.2) is 77.2 Å². The molecule has 0 bridgehead atoms. The zero-order chi connectivity index (χ0) is 24.1. The molecule has 11 heteroatoms. The van der Waals surface area contributed by atoms with Gasteiger partial charge < -0.3 is 25.6 Å². The third-order valence-electron chi connectivity index (χ3n) is 5.44. The normalized spacial score (nSPS) is 14.0. The summed E-state index contributed by atoms with van der Waals surface area (Å²) in [6.45, 7) is 1.99. The van der Waals surface area contributed by atoms with Crippen LogP contribution >= 0.6 is 11.8 Å². The van der Waals surface area contributed by atoms with Gasteiger partial charge in [0.1, 0.15) is 12.3 Å². The lowest BCUT2D eigenvalue weighted by Gasteiger charge is -2.26. The van der Waals surface area contributed by atoms with Crippen LogP contribution in [0.4, 0.5) is 4.39 Å². The van der Waals surface area contributed by atoms with Gasteiger partial charge in [-0.2, -0.15) is 16.9 Å². The van der Waals surface area contributed by atoms with E-state index in [1.54, 1.807) is 24.3 Å². The summed E-state index contributed by atoms with van der Waals surface area (Å²) in [5.74, 6) is 0.831. The van der Waals surface area contributed by atoms with Crippen molar-refractivity contribution in [3.8, 4) is 5.75 Å². The van der Waals surface area contributed by atoms with Crippen molar-refractivity contribution in [3.63, 3.8) is 0 Å². The first-order valence-corrected chi connectivity index (χ1v) is 11.9. The Morgan fingerprint density at radius 3 is 2.57 bits per heavy atom. The Bertz CT molecular complexity index is 1230. The molecule has 0 unspecified atom stereocenters. The van der Waals surface area contributed by atoms with Crippen molar-refractivity contribution in [2.75, 3.05) is 44.9 Å². The smallest absolute Gasteiger partial charge is 0.253 e. The molecule has 0 atom stereocenters. The van der Waals surface area contributed by atoms with Gasteiger partial charge in [0.25, 0.3) is 5.91 Å². The summed E-state index contributed by atoms with van der Waals surface area (Å²) < 4.78 is 24.7. The Kier molecular flexibility index (Phi) is 8.85. The molecule has 0 saturated carbocycles. The summed E-state index contributed by atoms with van der Waals surface area (Å²) in [4.78, 5) is 27.3. The Labute approximate surface area is 207 Å². The van der Waals surface area contributed by atoms with E-state index in [1.165, 1.54) is 25.3 Å². The Morgan fingerprint density at radius 2 is 1.89 bits per heavy atom. The molecule has 1 saturated heterocycles. The Balaban J connectivity index is 0.00000228. The van der Waals surface area contributed by atoms with Gasteiger partial charge in [0.15, 0.2) is 11.6 Å². The molecule has 188 valence electrons. The predicted molar refractivity (Wildman–Crippen MR) is 135 cm³/mol. The largest absolute Gasteiger partial charge is 0.488 e. The number of benzene rings is 2. The van der Waals surface area contributed by atoms with Gasteiger partial charge in [-0.05, 0) is 23.8 Å². The van der Waals surface area contributed by atoms with E-state index in [1.807, 2.05) is 16.7 Å². The van der Waals surface area contributed by atoms with Crippen molar-refractivity contribution in [3.05, 3.63) is 65.1 Å². The molecule has 4 rings (SSSR count). The lowest BCUT2D eigenvalue weighted by atomic mass is 10.1. The summed E-state index contributed by atoms with van der Waals surface area (Å²) in [5, 5.41) is 7.09. The molecule has 1 amide bonds. The number of ketones is 1. The van der Waals surface area contributed by atoms with Gasteiger partial charge in [0.05, 0.1) is 12.1 Å². The Hall–Kier alpha value is -3.41. The number of aromatic amines is 1. The molecule has 35 heavy (non-hydrogen) atoms. The lowest BCUT2D eigenvalue weighted by molar-refractivity contribution is 0.0772. The number of halogens is 1.